The normalized spacial score (nSPS) is 24.6. The summed E-state index contributed by atoms with van der Waals surface area (Å²) < 4.78 is 18.4. The van der Waals surface area contributed by atoms with E-state index in [2.05, 4.69) is 5.43 Å². The Labute approximate surface area is 107 Å². The summed E-state index contributed by atoms with van der Waals surface area (Å²) >= 11 is 0. The molecule has 2 rings (SSSR count). The standard InChI is InChI=1S/C14H21FN2O/c1-2-18-13-7-10(8-13)9-14(17-16)11-3-5-12(15)6-4-11/h3-6,10,13-14,17H,2,7-9,16H2,1H3. The molecular weight excluding hydrogens is 231 g/mol. The van der Waals surface area contributed by atoms with Crippen LogP contribution in [-0.4, -0.2) is 12.7 Å². The van der Waals surface area contributed by atoms with Gasteiger partial charge in [0.15, 0.2) is 0 Å². The van der Waals surface area contributed by atoms with Crippen LogP contribution in [0.15, 0.2) is 24.3 Å². The molecule has 1 unspecified atom stereocenters. The van der Waals surface area contributed by atoms with E-state index in [1.54, 1.807) is 12.1 Å². The van der Waals surface area contributed by atoms with Gasteiger partial charge in [-0.3, -0.25) is 11.3 Å². The molecule has 0 saturated heterocycles. The van der Waals surface area contributed by atoms with Gasteiger partial charge in [0.1, 0.15) is 5.82 Å². The lowest BCUT2D eigenvalue weighted by Gasteiger charge is -2.37. The van der Waals surface area contributed by atoms with Crippen LogP contribution < -0.4 is 11.3 Å². The number of nitrogens with two attached hydrogens (primary N) is 1. The van der Waals surface area contributed by atoms with Crippen molar-refractivity contribution in [1.82, 2.24) is 5.43 Å². The van der Waals surface area contributed by atoms with E-state index in [4.69, 9.17) is 10.6 Å². The zero-order chi connectivity index (χ0) is 13.0. The number of hydrogen-bond donors (Lipinski definition) is 2. The SMILES string of the molecule is CCOC1CC(CC(NN)c2ccc(F)cc2)C1. The van der Waals surface area contributed by atoms with Crippen LogP contribution in [0, 0.1) is 11.7 Å². The molecule has 1 aromatic rings. The second-order valence-electron chi connectivity index (χ2n) is 4.92. The van der Waals surface area contributed by atoms with Gasteiger partial charge in [0.05, 0.1) is 6.10 Å². The molecule has 1 aliphatic carbocycles. The first-order valence-electron chi connectivity index (χ1n) is 6.56. The van der Waals surface area contributed by atoms with Crippen molar-refractivity contribution >= 4 is 0 Å². The zero-order valence-electron chi connectivity index (χ0n) is 10.7. The third-order valence-electron chi connectivity index (χ3n) is 3.64. The van der Waals surface area contributed by atoms with Gasteiger partial charge in [-0.05, 0) is 49.8 Å². The molecule has 3 nitrogen and oxygen atoms in total. The smallest absolute Gasteiger partial charge is 0.123 e. The lowest BCUT2D eigenvalue weighted by molar-refractivity contribution is -0.0291. The Morgan fingerprint density at radius 2 is 2.06 bits per heavy atom. The number of hydrogen-bond acceptors (Lipinski definition) is 3. The fourth-order valence-electron chi connectivity index (χ4n) is 2.57. The van der Waals surface area contributed by atoms with Crippen molar-refractivity contribution in [3.8, 4) is 0 Å². The van der Waals surface area contributed by atoms with Gasteiger partial charge in [-0.25, -0.2) is 4.39 Å². The monoisotopic (exact) mass is 252 g/mol. The lowest BCUT2D eigenvalue weighted by atomic mass is 9.77. The number of hydrazine groups is 1. The van der Waals surface area contributed by atoms with Crippen molar-refractivity contribution < 1.29 is 9.13 Å². The van der Waals surface area contributed by atoms with Crippen molar-refractivity contribution in [2.45, 2.75) is 38.3 Å². The maximum Gasteiger partial charge on any atom is 0.123 e. The van der Waals surface area contributed by atoms with E-state index in [1.165, 1.54) is 12.1 Å². The van der Waals surface area contributed by atoms with Crippen LogP contribution in [0.3, 0.4) is 0 Å². The molecule has 3 N–H and O–H groups in total. The molecule has 4 heteroatoms. The molecule has 0 radical (unpaired) electrons. The minimum atomic E-state index is -0.213. The van der Waals surface area contributed by atoms with Gasteiger partial charge in [-0.15, -0.1) is 0 Å². The Hall–Kier alpha value is -0.970. The van der Waals surface area contributed by atoms with Gasteiger partial charge < -0.3 is 4.74 Å². The first-order valence-corrected chi connectivity index (χ1v) is 6.56. The van der Waals surface area contributed by atoms with E-state index in [-0.39, 0.29) is 11.9 Å². The van der Waals surface area contributed by atoms with Gasteiger partial charge in [0.25, 0.3) is 0 Å². The number of benzene rings is 1. The molecule has 0 aromatic heterocycles. The summed E-state index contributed by atoms with van der Waals surface area (Å²) in [7, 11) is 0. The van der Waals surface area contributed by atoms with Crippen molar-refractivity contribution in [1.29, 1.82) is 0 Å². The maximum atomic E-state index is 12.9. The second-order valence-corrected chi connectivity index (χ2v) is 4.92. The predicted molar refractivity (Wildman–Crippen MR) is 69.2 cm³/mol. The highest BCUT2D eigenvalue weighted by Crippen LogP contribution is 2.36. The van der Waals surface area contributed by atoms with Gasteiger partial charge >= 0.3 is 0 Å². The fraction of sp³-hybridized carbons (Fsp3) is 0.571. The van der Waals surface area contributed by atoms with Crippen molar-refractivity contribution in [3.63, 3.8) is 0 Å². The highest BCUT2D eigenvalue weighted by Gasteiger charge is 2.31. The third-order valence-corrected chi connectivity index (χ3v) is 3.64. The molecule has 0 aliphatic heterocycles. The summed E-state index contributed by atoms with van der Waals surface area (Å²) in [5.74, 6) is 6.02. The molecule has 100 valence electrons. The summed E-state index contributed by atoms with van der Waals surface area (Å²) in [5.41, 5.74) is 3.86. The van der Waals surface area contributed by atoms with Gasteiger partial charge in [0.2, 0.25) is 0 Å². The Kier molecular flexibility index (Phi) is 4.69. The minimum Gasteiger partial charge on any atom is -0.378 e. The summed E-state index contributed by atoms with van der Waals surface area (Å²) in [5, 5.41) is 0. The first-order chi connectivity index (χ1) is 8.72. The van der Waals surface area contributed by atoms with Crippen molar-refractivity contribution in [2.75, 3.05) is 6.61 Å². The Bertz CT molecular complexity index is 363. The molecule has 1 aliphatic rings. The first kappa shape index (κ1) is 13.5. The topological polar surface area (TPSA) is 47.3 Å². The minimum absolute atomic E-state index is 0.0955. The van der Waals surface area contributed by atoms with Gasteiger partial charge in [-0.2, -0.15) is 0 Å². The van der Waals surface area contributed by atoms with Crippen molar-refractivity contribution in [2.24, 2.45) is 11.8 Å². The molecule has 1 fully saturated rings. The van der Waals surface area contributed by atoms with Crippen LogP contribution in [0.1, 0.15) is 37.8 Å². The van der Waals surface area contributed by atoms with Gasteiger partial charge in [-0.1, -0.05) is 12.1 Å². The van der Waals surface area contributed by atoms with Gasteiger partial charge in [0, 0.05) is 12.6 Å². The lowest BCUT2D eigenvalue weighted by Crippen LogP contribution is -2.36. The zero-order valence-corrected chi connectivity index (χ0v) is 10.7. The van der Waals surface area contributed by atoms with Crippen LogP contribution >= 0.6 is 0 Å². The molecular formula is C14H21FN2O. The van der Waals surface area contributed by atoms with E-state index in [0.717, 1.165) is 31.4 Å². The van der Waals surface area contributed by atoms with E-state index in [0.29, 0.717) is 12.0 Å². The van der Waals surface area contributed by atoms with Crippen LogP contribution in [0.25, 0.3) is 0 Å². The van der Waals surface area contributed by atoms with E-state index >= 15 is 0 Å². The van der Waals surface area contributed by atoms with Crippen LogP contribution in [0.2, 0.25) is 0 Å². The average Bonchev–Trinajstić information content (AvgIpc) is 2.33. The molecule has 0 heterocycles. The molecule has 1 atom stereocenters. The maximum absolute atomic E-state index is 12.9. The third kappa shape index (κ3) is 3.28. The molecule has 1 saturated carbocycles. The largest absolute Gasteiger partial charge is 0.378 e. The molecule has 0 spiro atoms. The Balaban J connectivity index is 1.85. The number of halogens is 1. The molecule has 0 bridgehead atoms. The fourth-order valence-corrected chi connectivity index (χ4v) is 2.57. The van der Waals surface area contributed by atoms with E-state index in [9.17, 15) is 4.39 Å². The number of ether oxygens (including phenoxy) is 1. The summed E-state index contributed by atoms with van der Waals surface area (Å²) in [6.45, 7) is 2.81. The Morgan fingerprint density at radius 3 is 2.61 bits per heavy atom. The van der Waals surface area contributed by atoms with Crippen LogP contribution in [0.4, 0.5) is 4.39 Å². The quantitative estimate of drug-likeness (QED) is 0.604. The summed E-state index contributed by atoms with van der Waals surface area (Å²) in [6.07, 6.45) is 3.61. The highest BCUT2D eigenvalue weighted by atomic mass is 19.1. The predicted octanol–water partition coefficient (Wildman–Crippen LogP) is 2.54. The van der Waals surface area contributed by atoms with E-state index < -0.39 is 0 Å². The average molecular weight is 252 g/mol. The number of rotatable bonds is 6. The van der Waals surface area contributed by atoms with E-state index in [1.807, 2.05) is 6.92 Å². The van der Waals surface area contributed by atoms with Crippen molar-refractivity contribution in [3.05, 3.63) is 35.6 Å². The molecule has 1 aromatic carbocycles. The Morgan fingerprint density at radius 1 is 1.39 bits per heavy atom. The highest BCUT2D eigenvalue weighted by molar-refractivity contribution is 5.20. The molecule has 0 amide bonds. The number of nitrogens with one attached hydrogen (secondary N) is 1. The summed E-state index contributed by atoms with van der Waals surface area (Å²) in [6, 6.07) is 6.63. The van der Waals surface area contributed by atoms with Crippen LogP contribution in [-0.2, 0) is 4.74 Å². The molecule has 18 heavy (non-hydrogen) atoms. The summed E-state index contributed by atoms with van der Waals surface area (Å²) in [4.78, 5) is 0. The second kappa shape index (κ2) is 6.27. The van der Waals surface area contributed by atoms with Crippen LogP contribution in [0.5, 0.6) is 0 Å².